The van der Waals surface area contributed by atoms with Crippen molar-refractivity contribution in [3.63, 3.8) is 0 Å². The average Bonchev–Trinajstić information content (AvgIpc) is 2.14. The second-order valence-electron chi connectivity index (χ2n) is 4.14. The molecule has 0 bridgehead atoms. The number of nitrogens with one attached hydrogen (secondary N) is 1. The zero-order valence-electron chi connectivity index (χ0n) is 10.2. The molecule has 1 rings (SSSR count). The Bertz CT molecular complexity index is 387. The van der Waals surface area contributed by atoms with E-state index in [0.717, 1.165) is 4.47 Å². The Morgan fingerprint density at radius 1 is 1.35 bits per heavy atom. The molecule has 0 aromatic heterocycles. The molecule has 0 aliphatic rings. The van der Waals surface area contributed by atoms with E-state index < -0.39 is 6.10 Å². The molecule has 4 nitrogen and oxygen atoms in total. The van der Waals surface area contributed by atoms with Crippen molar-refractivity contribution in [1.82, 2.24) is 5.32 Å². The number of benzene rings is 1. The van der Waals surface area contributed by atoms with E-state index in [2.05, 4.69) is 21.2 Å². The van der Waals surface area contributed by atoms with Crippen molar-refractivity contribution in [3.8, 4) is 5.75 Å². The number of hydrogen-bond donors (Lipinski definition) is 2. The standard InChI is InChI=1S/C12H17BrN2O2/c1-7(2)15-12(16)8(3)17-11-5-9(13)4-10(14)6-11/h4-8H,14H2,1-3H3,(H,15,16). The van der Waals surface area contributed by atoms with Crippen LogP contribution in [-0.4, -0.2) is 18.1 Å². The summed E-state index contributed by atoms with van der Waals surface area (Å²) in [5.74, 6) is 0.432. The molecule has 3 N–H and O–H groups in total. The van der Waals surface area contributed by atoms with Gasteiger partial charge in [0.1, 0.15) is 5.75 Å². The molecule has 1 amide bonds. The van der Waals surface area contributed by atoms with E-state index in [-0.39, 0.29) is 11.9 Å². The van der Waals surface area contributed by atoms with Crippen LogP contribution >= 0.6 is 15.9 Å². The van der Waals surface area contributed by atoms with Gasteiger partial charge in [0.15, 0.2) is 6.10 Å². The van der Waals surface area contributed by atoms with Crippen LogP contribution in [0.2, 0.25) is 0 Å². The molecule has 0 aliphatic heterocycles. The molecular formula is C12H17BrN2O2. The fourth-order valence-electron chi connectivity index (χ4n) is 1.31. The quantitative estimate of drug-likeness (QED) is 0.839. The summed E-state index contributed by atoms with van der Waals surface area (Å²) in [5, 5.41) is 2.79. The third-order valence-corrected chi connectivity index (χ3v) is 2.46. The predicted molar refractivity (Wildman–Crippen MR) is 71.9 cm³/mol. The highest BCUT2D eigenvalue weighted by Gasteiger charge is 2.15. The first-order valence-electron chi connectivity index (χ1n) is 5.41. The third-order valence-electron chi connectivity index (χ3n) is 2.01. The number of amides is 1. The van der Waals surface area contributed by atoms with Gasteiger partial charge in [-0.15, -0.1) is 0 Å². The Hall–Kier alpha value is -1.23. The minimum atomic E-state index is -0.550. The van der Waals surface area contributed by atoms with Gasteiger partial charge < -0.3 is 15.8 Å². The van der Waals surface area contributed by atoms with E-state index >= 15 is 0 Å². The van der Waals surface area contributed by atoms with Crippen molar-refractivity contribution < 1.29 is 9.53 Å². The molecule has 1 aromatic rings. The van der Waals surface area contributed by atoms with Crippen molar-refractivity contribution >= 4 is 27.5 Å². The first kappa shape index (κ1) is 13.8. The molecule has 0 spiro atoms. The smallest absolute Gasteiger partial charge is 0.260 e. The molecule has 17 heavy (non-hydrogen) atoms. The number of ether oxygens (including phenoxy) is 1. The molecule has 0 saturated heterocycles. The average molecular weight is 301 g/mol. The van der Waals surface area contributed by atoms with Crippen LogP contribution in [0.3, 0.4) is 0 Å². The molecule has 0 aliphatic carbocycles. The summed E-state index contributed by atoms with van der Waals surface area (Å²) in [4.78, 5) is 11.6. The zero-order chi connectivity index (χ0) is 13.0. The van der Waals surface area contributed by atoms with Gasteiger partial charge in [0.2, 0.25) is 0 Å². The molecule has 0 radical (unpaired) electrons. The second kappa shape index (κ2) is 5.91. The largest absolute Gasteiger partial charge is 0.481 e. The maximum Gasteiger partial charge on any atom is 0.260 e. The number of anilines is 1. The lowest BCUT2D eigenvalue weighted by Crippen LogP contribution is -2.40. The van der Waals surface area contributed by atoms with Gasteiger partial charge in [-0.25, -0.2) is 0 Å². The lowest BCUT2D eigenvalue weighted by atomic mass is 10.3. The highest BCUT2D eigenvalue weighted by molar-refractivity contribution is 9.10. The van der Waals surface area contributed by atoms with E-state index in [0.29, 0.717) is 11.4 Å². The van der Waals surface area contributed by atoms with Gasteiger partial charge in [-0.3, -0.25) is 4.79 Å². The second-order valence-corrected chi connectivity index (χ2v) is 5.06. The number of rotatable bonds is 4. The number of carbonyl (C=O) groups excluding carboxylic acids is 1. The normalized spacial score (nSPS) is 12.3. The van der Waals surface area contributed by atoms with Crippen LogP contribution in [0.1, 0.15) is 20.8 Å². The Kier molecular flexibility index (Phi) is 4.81. The van der Waals surface area contributed by atoms with Gasteiger partial charge in [0.25, 0.3) is 5.91 Å². The summed E-state index contributed by atoms with van der Waals surface area (Å²) in [7, 11) is 0. The number of carbonyl (C=O) groups is 1. The highest BCUT2D eigenvalue weighted by atomic mass is 79.9. The molecule has 0 saturated carbocycles. The number of halogens is 1. The Labute approximate surface area is 110 Å². The number of nitrogens with two attached hydrogens (primary N) is 1. The topological polar surface area (TPSA) is 64.3 Å². The first-order valence-corrected chi connectivity index (χ1v) is 6.21. The summed E-state index contributed by atoms with van der Waals surface area (Å²) in [5.41, 5.74) is 6.27. The van der Waals surface area contributed by atoms with Crippen molar-refractivity contribution in [2.24, 2.45) is 0 Å². The molecule has 0 fully saturated rings. The first-order chi connectivity index (χ1) is 7.88. The van der Waals surface area contributed by atoms with E-state index in [1.54, 1.807) is 25.1 Å². The van der Waals surface area contributed by atoms with Gasteiger partial charge in [-0.05, 0) is 32.9 Å². The Balaban J connectivity index is 2.67. The molecule has 1 atom stereocenters. The van der Waals surface area contributed by atoms with E-state index in [1.807, 2.05) is 13.8 Å². The maximum atomic E-state index is 11.6. The lowest BCUT2D eigenvalue weighted by molar-refractivity contribution is -0.127. The molecular weight excluding hydrogens is 284 g/mol. The van der Waals surface area contributed by atoms with Crippen molar-refractivity contribution in [1.29, 1.82) is 0 Å². The predicted octanol–water partition coefficient (Wildman–Crippen LogP) is 2.32. The number of nitrogen functional groups attached to an aromatic ring is 1. The van der Waals surface area contributed by atoms with E-state index in [9.17, 15) is 4.79 Å². The minimum Gasteiger partial charge on any atom is -0.481 e. The fourth-order valence-corrected chi connectivity index (χ4v) is 1.80. The van der Waals surface area contributed by atoms with Gasteiger partial charge in [0, 0.05) is 22.3 Å². The molecule has 5 heteroatoms. The van der Waals surface area contributed by atoms with Crippen LogP contribution in [0.25, 0.3) is 0 Å². The fraction of sp³-hybridized carbons (Fsp3) is 0.417. The monoisotopic (exact) mass is 300 g/mol. The van der Waals surface area contributed by atoms with Crippen LogP contribution in [0.4, 0.5) is 5.69 Å². The molecule has 1 aromatic carbocycles. The van der Waals surface area contributed by atoms with Crippen LogP contribution < -0.4 is 15.8 Å². The highest BCUT2D eigenvalue weighted by Crippen LogP contribution is 2.23. The van der Waals surface area contributed by atoms with Gasteiger partial charge in [-0.2, -0.15) is 0 Å². The third kappa shape index (κ3) is 4.65. The van der Waals surface area contributed by atoms with Crippen LogP contribution in [0, 0.1) is 0 Å². The number of hydrogen-bond acceptors (Lipinski definition) is 3. The van der Waals surface area contributed by atoms with Crippen molar-refractivity contribution in [2.75, 3.05) is 5.73 Å². The Morgan fingerprint density at radius 3 is 2.53 bits per heavy atom. The van der Waals surface area contributed by atoms with Gasteiger partial charge >= 0.3 is 0 Å². The van der Waals surface area contributed by atoms with Crippen LogP contribution in [0.15, 0.2) is 22.7 Å². The SMILES string of the molecule is CC(C)NC(=O)C(C)Oc1cc(N)cc(Br)c1. The molecule has 94 valence electrons. The molecule has 0 heterocycles. The van der Waals surface area contributed by atoms with E-state index in [4.69, 9.17) is 10.5 Å². The zero-order valence-corrected chi connectivity index (χ0v) is 11.7. The van der Waals surface area contributed by atoms with Crippen molar-refractivity contribution in [3.05, 3.63) is 22.7 Å². The minimum absolute atomic E-state index is 0.0983. The summed E-state index contributed by atoms with van der Waals surface area (Å²) in [6, 6.07) is 5.33. The van der Waals surface area contributed by atoms with Crippen LogP contribution in [0.5, 0.6) is 5.75 Å². The van der Waals surface area contributed by atoms with Gasteiger partial charge in [-0.1, -0.05) is 15.9 Å². The lowest BCUT2D eigenvalue weighted by Gasteiger charge is -2.16. The van der Waals surface area contributed by atoms with E-state index in [1.165, 1.54) is 0 Å². The maximum absolute atomic E-state index is 11.6. The van der Waals surface area contributed by atoms with Crippen molar-refractivity contribution in [2.45, 2.75) is 32.9 Å². The Morgan fingerprint density at radius 2 is 2.00 bits per heavy atom. The van der Waals surface area contributed by atoms with Crippen LogP contribution in [-0.2, 0) is 4.79 Å². The molecule has 1 unspecified atom stereocenters. The summed E-state index contributed by atoms with van der Waals surface area (Å²) in [6.45, 7) is 5.51. The van der Waals surface area contributed by atoms with Gasteiger partial charge in [0.05, 0.1) is 0 Å². The summed E-state index contributed by atoms with van der Waals surface area (Å²) >= 11 is 3.32. The summed E-state index contributed by atoms with van der Waals surface area (Å²) in [6.07, 6.45) is -0.550. The summed E-state index contributed by atoms with van der Waals surface area (Å²) < 4.78 is 6.34.